The second-order valence-corrected chi connectivity index (χ2v) is 6.64. The van der Waals surface area contributed by atoms with Gasteiger partial charge in [0.1, 0.15) is 18.2 Å². The van der Waals surface area contributed by atoms with E-state index in [1.807, 2.05) is 11.9 Å². The van der Waals surface area contributed by atoms with Crippen molar-refractivity contribution in [1.29, 1.82) is 0 Å². The Bertz CT molecular complexity index is 819. The van der Waals surface area contributed by atoms with E-state index in [1.54, 1.807) is 16.7 Å². The maximum atomic E-state index is 13.1. The minimum atomic E-state index is -0.479. The van der Waals surface area contributed by atoms with Crippen molar-refractivity contribution in [2.24, 2.45) is 0 Å². The first-order valence-corrected chi connectivity index (χ1v) is 7.58. The maximum Gasteiger partial charge on any atom is 0.352 e. The molecule has 0 spiro atoms. The van der Waals surface area contributed by atoms with Crippen molar-refractivity contribution < 1.29 is 9.13 Å². The second-order valence-electron chi connectivity index (χ2n) is 6.23. The molecular weight excluding hydrogens is 321 g/mol. The molecule has 0 fully saturated rings. The highest BCUT2D eigenvalue weighted by atomic mass is 35.5. The van der Waals surface area contributed by atoms with E-state index >= 15 is 0 Å². The van der Waals surface area contributed by atoms with Crippen LogP contribution in [-0.4, -0.2) is 22.1 Å². The van der Waals surface area contributed by atoms with Gasteiger partial charge in [0, 0.05) is 13.1 Å². The molecule has 0 amide bonds. The van der Waals surface area contributed by atoms with E-state index in [2.05, 4.69) is 18.8 Å². The molecule has 1 aromatic carbocycles. The van der Waals surface area contributed by atoms with Crippen LogP contribution in [0.15, 0.2) is 29.1 Å². The van der Waals surface area contributed by atoms with Gasteiger partial charge in [-0.2, -0.15) is 4.98 Å². The van der Waals surface area contributed by atoms with Gasteiger partial charge in [-0.25, -0.2) is 9.18 Å². The third-order valence-electron chi connectivity index (χ3n) is 4.13. The predicted molar refractivity (Wildman–Crippen MR) is 86.7 cm³/mol. The summed E-state index contributed by atoms with van der Waals surface area (Å²) in [6.45, 7) is 4.85. The van der Waals surface area contributed by atoms with Gasteiger partial charge >= 0.3 is 5.69 Å². The zero-order valence-corrected chi connectivity index (χ0v) is 13.9. The molecular formula is C16H17ClFN3O2. The number of hydrogen-bond donors (Lipinski definition) is 0. The van der Waals surface area contributed by atoms with Gasteiger partial charge in [0.15, 0.2) is 0 Å². The fourth-order valence-electron chi connectivity index (χ4n) is 2.56. The summed E-state index contributed by atoms with van der Waals surface area (Å²) in [7, 11) is 1.93. The number of benzene rings is 1. The maximum absolute atomic E-state index is 13.1. The zero-order chi connectivity index (χ0) is 16.8. The number of aromatic nitrogens is 2. The Morgan fingerprint density at radius 3 is 2.83 bits per heavy atom. The van der Waals surface area contributed by atoms with Crippen LogP contribution < -0.4 is 15.3 Å². The molecule has 1 aliphatic rings. The average Bonchev–Trinajstić information content (AvgIpc) is 2.72. The number of anilines is 1. The van der Waals surface area contributed by atoms with Crippen LogP contribution in [0.1, 0.15) is 19.4 Å². The Balaban J connectivity index is 1.83. The molecule has 7 heteroatoms. The van der Waals surface area contributed by atoms with Crippen molar-refractivity contribution in [1.82, 2.24) is 9.55 Å². The van der Waals surface area contributed by atoms with Gasteiger partial charge in [-0.1, -0.05) is 17.7 Å². The lowest BCUT2D eigenvalue weighted by Gasteiger charge is -2.28. The lowest BCUT2D eigenvalue weighted by Crippen LogP contribution is -2.38. The highest BCUT2D eigenvalue weighted by Gasteiger charge is 2.34. The standard InChI is InChI=1S/C16H17ClFN3O2/c1-16(2)9-21-14(20(16)3)7-13(19-15(21)22)23-8-10-4-5-12(18)11(17)6-10/h4-7H,8-9H2,1-3H3. The Labute approximate surface area is 138 Å². The molecule has 0 unspecified atom stereocenters. The quantitative estimate of drug-likeness (QED) is 0.864. The van der Waals surface area contributed by atoms with E-state index < -0.39 is 5.82 Å². The van der Waals surface area contributed by atoms with Crippen LogP contribution in [-0.2, 0) is 13.2 Å². The monoisotopic (exact) mass is 337 g/mol. The van der Waals surface area contributed by atoms with E-state index in [-0.39, 0.29) is 28.7 Å². The van der Waals surface area contributed by atoms with Crippen LogP contribution >= 0.6 is 11.6 Å². The number of halogens is 2. The zero-order valence-electron chi connectivity index (χ0n) is 13.1. The highest BCUT2D eigenvalue weighted by molar-refractivity contribution is 6.30. The summed E-state index contributed by atoms with van der Waals surface area (Å²) in [6.07, 6.45) is 0. The van der Waals surface area contributed by atoms with Gasteiger partial charge in [-0.3, -0.25) is 4.57 Å². The molecule has 3 rings (SSSR count). The first kappa shape index (κ1) is 15.8. The average molecular weight is 338 g/mol. The molecule has 0 saturated carbocycles. The number of rotatable bonds is 3. The normalized spacial score (nSPS) is 15.6. The summed E-state index contributed by atoms with van der Waals surface area (Å²) in [4.78, 5) is 18.1. The number of hydrogen-bond acceptors (Lipinski definition) is 4. The van der Waals surface area contributed by atoms with E-state index in [0.29, 0.717) is 12.1 Å². The fourth-order valence-corrected chi connectivity index (χ4v) is 2.77. The molecule has 0 radical (unpaired) electrons. The van der Waals surface area contributed by atoms with Crippen molar-refractivity contribution in [2.75, 3.05) is 11.9 Å². The molecule has 0 N–H and O–H groups in total. The molecule has 2 heterocycles. The third kappa shape index (κ3) is 2.91. The molecule has 0 bridgehead atoms. The van der Waals surface area contributed by atoms with Crippen molar-refractivity contribution >= 4 is 17.4 Å². The molecule has 2 aromatic rings. The van der Waals surface area contributed by atoms with Crippen LogP contribution in [0, 0.1) is 5.82 Å². The lowest BCUT2D eigenvalue weighted by molar-refractivity contribution is 0.291. The number of ether oxygens (including phenoxy) is 1. The summed E-state index contributed by atoms with van der Waals surface area (Å²) >= 11 is 5.74. The van der Waals surface area contributed by atoms with Gasteiger partial charge < -0.3 is 9.64 Å². The molecule has 1 aromatic heterocycles. The van der Waals surface area contributed by atoms with E-state index in [1.165, 1.54) is 12.1 Å². The molecule has 0 atom stereocenters. The summed E-state index contributed by atoms with van der Waals surface area (Å²) in [5.41, 5.74) is 0.205. The Hall–Kier alpha value is -2.08. The van der Waals surface area contributed by atoms with Crippen LogP contribution in [0.25, 0.3) is 0 Å². The van der Waals surface area contributed by atoms with E-state index in [4.69, 9.17) is 16.3 Å². The van der Waals surface area contributed by atoms with Crippen molar-refractivity contribution in [3.63, 3.8) is 0 Å². The molecule has 1 aliphatic heterocycles. The molecule has 5 nitrogen and oxygen atoms in total. The number of likely N-dealkylation sites (N-methyl/N-ethyl adjacent to an activating group) is 1. The number of fused-ring (bicyclic) bond motifs is 1. The van der Waals surface area contributed by atoms with Gasteiger partial charge in [0.05, 0.1) is 17.1 Å². The first-order chi connectivity index (χ1) is 10.8. The smallest absolute Gasteiger partial charge is 0.352 e. The Kier molecular flexibility index (Phi) is 3.80. The SMILES string of the molecule is CN1c2cc(OCc3ccc(F)c(Cl)c3)nc(=O)n2CC1(C)C. The van der Waals surface area contributed by atoms with Crippen LogP contribution in [0.5, 0.6) is 5.88 Å². The van der Waals surface area contributed by atoms with Gasteiger partial charge in [0.25, 0.3) is 0 Å². The number of nitrogens with zero attached hydrogens (tertiary/aromatic N) is 3. The van der Waals surface area contributed by atoms with Crippen molar-refractivity contribution in [2.45, 2.75) is 32.5 Å². The minimum Gasteiger partial charge on any atom is -0.473 e. The largest absolute Gasteiger partial charge is 0.473 e. The summed E-state index contributed by atoms with van der Waals surface area (Å²) in [5, 5.41) is 0.0366. The first-order valence-electron chi connectivity index (χ1n) is 7.20. The highest BCUT2D eigenvalue weighted by Crippen LogP contribution is 2.31. The lowest BCUT2D eigenvalue weighted by atomic mass is 10.1. The van der Waals surface area contributed by atoms with E-state index in [0.717, 1.165) is 5.82 Å². The molecule has 122 valence electrons. The summed E-state index contributed by atoms with van der Waals surface area (Å²) in [5.74, 6) is 0.529. The van der Waals surface area contributed by atoms with Gasteiger partial charge in [-0.15, -0.1) is 0 Å². The fraction of sp³-hybridized carbons (Fsp3) is 0.375. The molecule has 0 aliphatic carbocycles. The van der Waals surface area contributed by atoms with Crippen LogP contribution in [0.4, 0.5) is 10.2 Å². The predicted octanol–water partition coefficient (Wildman–Crippen LogP) is 2.84. The minimum absolute atomic E-state index is 0.0366. The van der Waals surface area contributed by atoms with Crippen molar-refractivity contribution in [3.8, 4) is 5.88 Å². The van der Waals surface area contributed by atoms with Crippen molar-refractivity contribution in [3.05, 3.63) is 51.2 Å². The molecule has 0 saturated heterocycles. The van der Waals surface area contributed by atoms with Crippen LogP contribution in [0.3, 0.4) is 0 Å². The Morgan fingerprint density at radius 2 is 2.13 bits per heavy atom. The Morgan fingerprint density at radius 1 is 1.39 bits per heavy atom. The van der Waals surface area contributed by atoms with Gasteiger partial charge in [0.2, 0.25) is 5.88 Å². The summed E-state index contributed by atoms with van der Waals surface area (Å²) in [6, 6.07) is 6.09. The topological polar surface area (TPSA) is 47.4 Å². The molecule has 23 heavy (non-hydrogen) atoms. The van der Waals surface area contributed by atoms with E-state index in [9.17, 15) is 9.18 Å². The second kappa shape index (κ2) is 5.53. The summed E-state index contributed by atoms with van der Waals surface area (Å²) < 4.78 is 20.3. The van der Waals surface area contributed by atoms with Crippen LogP contribution in [0.2, 0.25) is 5.02 Å². The third-order valence-corrected chi connectivity index (χ3v) is 4.42. The van der Waals surface area contributed by atoms with Gasteiger partial charge in [-0.05, 0) is 31.5 Å².